The molecule has 1 aliphatic carbocycles. The van der Waals surface area contributed by atoms with Crippen molar-refractivity contribution in [2.75, 3.05) is 4.90 Å². The zero-order valence-corrected chi connectivity index (χ0v) is 21.5. The molecule has 1 saturated carbocycles. The molecular weight excluding hydrogens is 471 g/mol. The standard InChI is InChI=1S/C28H33FN6O2/c1-27-9-4-10-28(2,33-27)15-20(14-27)35(19-6-7-19)24-16-30-26(32-31-24)21-8-5-17(11-22(21)36)18-12-23(29)34(3)25(37)13-18/h5,8,11-13,16,19-20,33,36H,4,6-7,9-10,14-15H2,1-3H3/t20-,27-,28+. The van der Waals surface area contributed by atoms with E-state index in [0.29, 0.717) is 34.6 Å². The predicted molar refractivity (Wildman–Crippen MR) is 140 cm³/mol. The van der Waals surface area contributed by atoms with Crippen LogP contribution in [0.3, 0.4) is 0 Å². The lowest BCUT2D eigenvalue weighted by Gasteiger charge is -2.55. The Balaban J connectivity index is 1.27. The van der Waals surface area contributed by atoms with E-state index < -0.39 is 11.5 Å². The van der Waals surface area contributed by atoms with Gasteiger partial charge in [-0.15, -0.1) is 10.2 Å². The summed E-state index contributed by atoms with van der Waals surface area (Å²) >= 11 is 0. The van der Waals surface area contributed by atoms with Crippen LogP contribution in [0.1, 0.15) is 58.8 Å². The second kappa shape index (κ2) is 8.62. The minimum Gasteiger partial charge on any atom is -0.507 e. The number of halogens is 1. The van der Waals surface area contributed by atoms with Crippen molar-refractivity contribution in [2.45, 2.75) is 82.0 Å². The number of rotatable bonds is 5. The van der Waals surface area contributed by atoms with Crippen molar-refractivity contribution in [3.8, 4) is 28.3 Å². The third-order valence-electron chi connectivity index (χ3n) is 8.36. The molecule has 4 heterocycles. The Morgan fingerprint density at radius 1 is 1.05 bits per heavy atom. The molecule has 3 fully saturated rings. The Labute approximate surface area is 215 Å². The molecule has 194 valence electrons. The van der Waals surface area contributed by atoms with Crippen LogP contribution >= 0.6 is 0 Å². The first-order chi connectivity index (χ1) is 17.6. The number of pyridine rings is 1. The highest BCUT2D eigenvalue weighted by Crippen LogP contribution is 2.45. The Bertz CT molecular complexity index is 1390. The van der Waals surface area contributed by atoms with Gasteiger partial charge in [0.15, 0.2) is 17.6 Å². The molecule has 3 aliphatic rings. The molecule has 37 heavy (non-hydrogen) atoms. The van der Waals surface area contributed by atoms with Crippen LogP contribution in [0, 0.1) is 5.95 Å². The highest BCUT2D eigenvalue weighted by molar-refractivity contribution is 5.72. The van der Waals surface area contributed by atoms with E-state index in [9.17, 15) is 14.3 Å². The van der Waals surface area contributed by atoms with Crippen LogP contribution < -0.4 is 15.8 Å². The fourth-order valence-electron chi connectivity index (χ4n) is 6.54. The first-order valence-electron chi connectivity index (χ1n) is 13.1. The van der Waals surface area contributed by atoms with Crippen molar-refractivity contribution in [2.24, 2.45) is 7.05 Å². The van der Waals surface area contributed by atoms with E-state index in [1.807, 2.05) is 0 Å². The van der Waals surface area contributed by atoms with E-state index in [1.54, 1.807) is 18.3 Å². The third kappa shape index (κ3) is 4.50. The minimum atomic E-state index is -0.644. The van der Waals surface area contributed by atoms with Crippen molar-refractivity contribution in [1.29, 1.82) is 0 Å². The van der Waals surface area contributed by atoms with Crippen LogP contribution in [-0.2, 0) is 7.05 Å². The van der Waals surface area contributed by atoms with Crippen molar-refractivity contribution < 1.29 is 9.50 Å². The van der Waals surface area contributed by atoms with Crippen LogP contribution in [0.2, 0.25) is 0 Å². The lowest BCUT2D eigenvalue weighted by Crippen LogP contribution is -2.67. The number of anilines is 1. The lowest BCUT2D eigenvalue weighted by molar-refractivity contribution is 0.0766. The summed E-state index contributed by atoms with van der Waals surface area (Å²) in [4.78, 5) is 19.0. The molecule has 1 aromatic carbocycles. The Hall–Kier alpha value is -3.33. The van der Waals surface area contributed by atoms with Crippen molar-refractivity contribution in [1.82, 2.24) is 25.1 Å². The molecule has 6 rings (SSSR count). The normalized spacial score (nSPS) is 27.2. The molecule has 0 unspecified atom stereocenters. The quantitative estimate of drug-likeness (QED) is 0.504. The van der Waals surface area contributed by atoms with E-state index in [-0.39, 0.29) is 16.8 Å². The summed E-state index contributed by atoms with van der Waals surface area (Å²) in [6, 6.07) is 8.35. The van der Waals surface area contributed by atoms with E-state index in [2.05, 4.69) is 39.2 Å². The summed E-state index contributed by atoms with van der Waals surface area (Å²) in [5, 5.41) is 23.6. The molecule has 3 atom stereocenters. The summed E-state index contributed by atoms with van der Waals surface area (Å²) in [5.74, 6) is 0.406. The number of phenolic OH excluding ortho intramolecular Hbond substituents is 1. The van der Waals surface area contributed by atoms with E-state index in [4.69, 9.17) is 0 Å². The molecule has 2 aromatic heterocycles. The second-order valence-electron chi connectivity index (χ2n) is 11.6. The minimum absolute atomic E-state index is 0.0563. The summed E-state index contributed by atoms with van der Waals surface area (Å²) in [7, 11) is 1.37. The molecule has 0 spiro atoms. The molecule has 2 bridgehead atoms. The number of nitrogens with one attached hydrogen (secondary N) is 1. The van der Waals surface area contributed by atoms with Crippen molar-refractivity contribution in [3.05, 3.63) is 52.8 Å². The molecule has 2 N–H and O–H groups in total. The van der Waals surface area contributed by atoms with Gasteiger partial charge in [-0.25, -0.2) is 4.98 Å². The number of benzene rings is 1. The number of piperidine rings is 2. The van der Waals surface area contributed by atoms with Crippen LogP contribution in [0.25, 0.3) is 22.5 Å². The zero-order chi connectivity index (χ0) is 25.9. The van der Waals surface area contributed by atoms with Crippen LogP contribution in [0.15, 0.2) is 41.3 Å². The van der Waals surface area contributed by atoms with Gasteiger partial charge in [0.1, 0.15) is 5.75 Å². The maximum absolute atomic E-state index is 14.0. The molecular formula is C28H33FN6O2. The van der Waals surface area contributed by atoms with Gasteiger partial charge in [0.05, 0.1) is 11.8 Å². The van der Waals surface area contributed by atoms with Crippen LogP contribution in [0.4, 0.5) is 10.2 Å². The van der Waals surface area contributed by atoms with Gasteiger partial charge >= 0.3 is 0 Å². The third-order valence-corrected chi connectivity index (χ3v) is 8.36. The van der Waals surface area contributed by atoms with Gasteiger partial charge in [-0.05, 0) is 88.1 Å². The summed E-state index contributed by atoms with van der Waals surface area (Å²) in [6.07, 6.45) is 9.90. The molecule has 2 saturated heterocycles. The van der Waals surface area contributed by atoms with Gasteiger partial charge < -0.3 is 15.3 Å². The molecule has 0 radical (unpaired) electrons. The van der Waals surface area contributed by atoms with Gasteiger partial charge in [-0.2, -0.15) is 4.39 Å². The van der Waals surface area contributed by atoms with Gasteiger partial charge in [0, 0.05) is 36.3 Å². The highest BCUT2D eigenvalue weighted by atomic mass is 19.1. The van der Waals surface area contributed by atoms with E-state index >= 15 is 0 Å². The molecule has 3 aromatic rings. The number of aromatic nitrogens is 4. The van der Waals surface area contributed by atoms with E-state index in [0.717, 1.165) is 36.1 Å². The molecule has 8 nitrogen and oxygen atoms in total. The number of fused-ring (bicyclic) bond motifs is 2. The SMILES string of the molecule is Cn1c(F)cc(-c2ccc(-c3ncc(N(C4CC4)[C@H]4C[C@]5(C)CCC[C@](C)(C4)N5)nn3)c(O)c2)cc1=O. The smallest absolute Gasteiger partial charge is 0.253 e. The zero-order valence-electron chi connectivity index (χ0n) is 21.5. The summed E-state index contributed by atoms with van der Waals surface area (Å²) in [6.45, 7) is 4.70. The summed E-state index contributed by atoms with van der Waals surface area (Å²) < 4.78 is 15.0. The lowest BCUT2D eigenvalue weighted by atomic mass is 9.69. The average molecular weight is 505 g/mol. The van der Waals surface area contributed by atoms with Gasteiger partial charge in [-0.3, -0.25) is 9.36 Å². The number of hydrogen-bond acceptors (Lipinski definition) is 7. The van der Waals surface area contributed by atoms with Gasteiger partial charge in [-0.1, -0.05) is 6.07 Å². The highest BCUT2D eigenvalue weighted by Gasteiger charge is 2.49. The van der Waals surface area contributed by atoms with Crippen LogP contribution in [-0.4, -0.2) is 48.0 Å². The van der Waals surface area contributed by atoms with E-state index in [1.165, 1.54) is 44.5 Å². The van der Waals surface area contributed by atoms with Crippen LogP contribution in [0.5, 0.6) is 5.75 Å². The summed E-state index contributed by atoms with van der Waals surface area (Å²) in [5.41, 5.74) is 1.18. The maximum atomic E-state index is 14.0. The average Bonchev–Trinajstić information content (AvgIpc) is 3.67. The largest absolute Gasteiger partial charge is 0.507 e. The first-order valence-corrected chi connectivity index (χ1v) is 13.1. The maximum Gasteiger partial charge on any atom is 0.253 e. The monoisotopic (exact) mass is 504 g/mol. The fourth-order valence-corrected chi connectivity index (χ4v) is 6.54. The first kappa shape index (κ1) is 24.0. The Morgan fingerprint density at radius 2 is 1.78 bits per heavy atom. The Kier molecular flexibility index (Phi) is 5.60. The van der Waals surface area contributed by atoms with Crippen molar-refractivity contribution in [3.63, 3.8) is 0 Å². The molecule has 9 heteroatoms. The number of aromatic hydroxyl groups is 1. The molecule has 0 amide bonds. The van der Waals surface area contributed by atoms with Crippen molar-refractivity contribution >= 4 is 5.82 Å². The predicted octanol–water partition coefficient (Wildman–Crippen LogP) is 4.17. The fraction of sp³-hybridized carbons (Fsp3) is 0.500. The molecule has 2 aliphatic heterocycles. The number of phenols is 1. The Morgan fingerprint density at radius 3 is 2.38 bits per heavy atom. The number of hydrogen-bond donors (Lipinski definition) is 2. The topological polar surface area (TPSA) is 96.2 Å². The van der Waals surface area contributed by atoms with Gasteiger partial charge in [0.25, 0.3) is 5.56 Å². The second-order valence-corrected chi connectivity index (χ2v) is 11.6. The number of nitrogens with zero attached hydrogens (tertiary/aromatic N) is 5. The van der Waals surface area contributed by atoms with Gasteiger partial charge in [0.2, 0.25) is 0 Å².